The molecule has 1 heterocycles. The molecule has 0 bridgehead atoms. The lowest BCUT2D eigenvalue weighted by atomic mass is 10.0. The molecule has 0 amide bonds. The Morgan fingerprint density at radius 1 is 1.21 bits per heavy atom. The summed E-state index contributed by atoms with van der Waals surface area (Å²) < 4.78 is 0. The summed E-state index contributed by atoms with van der Waals surface area (Å²) in [6.07, 6.45) is 2.31. The van der Waals surface area contributed by atoms with Gasteiger partial charge in [0, 0.05) is 17.6 Å². The molecule has 0 aliphatic heterocycles. The van der Waals surface area contributed by atoms with Crippen LogP contribution in [-0.2, 0) is 6.54 Å². The first-order valence-corrected chi connectivity index (χ1v) is 8.03. The maximum Gasteiger partial charge on any atom is 0.0406 e. The number of halogens is 1. The molecule has 0 fully saturated rings. The van der Waals surface area contributed by atoms with Gasteiger partial charge in [0.25, 0.3) is 0 Å². The van der Waals surface area contributed by atoms with Crippen LogP contribution in [0.4, 0.5) is 0 Å². The van der Waals surface area contributed by atoms with Gasteiger partial charge in [0.2, 0.25) is 0 Å². The molecule has 0 radical (unpaired) electrons. The SMILES string of the molecule is CCCC(NCc1cscc1C)c1ccc(Cl)cc1. The zero-order valence-electron chi connectivity index (χ0n) is 11.4. The first kappa shape index (κ1) is 14.6. The summed E-state index contributed by atoms with van der Waals surface area (Å²) in [6.45, 7) is 5.33. The molecule has 1 N–H and O–H groups in total. The lowest BCUT2D eigenvalue weighted by Crippen LogP contribution is -2.20. The third kappa shape index (κ3) is 4.07. The molecule has 0 spiro atoms. The highest BCUT2D eigenvalue weighted by Gasteiger charge is 2.10. The van der Waals surface area contributed by atoms with Gasteiger partial charge in [0.1, 0.15) is 0 Å². The van der Waals surface area contributed by atoms with E-state index >= 15 is 0 Å². The van der Waals surface area contributed by atoms with E-state index in [0.29, 0.717) is 6.04 Å². The van der Waals surface area contributed by atoms with Crippen LogP contribution in [0.5, 0.6) is 0 Å². The van der Waals surface area contributed by atoms with Gasteiger partial charge in [-0.3, -0.25) is 0 Å². The van der Waals surface area contributed by atoms with Crippen LogP contribution in [0.15, 0.2) is 35.0 Å². The van der Waals surface area contributed by atoms with E-state index in [0.717, 1.165) is 18.0 Å². The first-order valence-electron chi connectivity index (χ1n) is 6.71. The smallest absolute Gasteiger partial charge is 0.0406 e. The van der Waals surface area contributed by atoms with E-state index in [1.54, 1.807) is 11.3 Å². The van der Waals surface area contributed by atoms with Crippen molar-refractivity contribution >= 4 is 22.9 Å². The number of aryl methyl sites for hydroxylation is 1. The number of rotatable bonds is 6. The van der Waals surface area contributed by atoms with Gasteiger partial charge >= 0.3 is 0 Å². The molecule has 1 nitrogen and oxygen atoms in total. The van der Waals surface area contributed by atoms with Gasteiger partial charge in [0.15, 0.2) is 0 Å². The minimum absolute atomic E-state index is 0.404. The largest absolute Gasteiger partial charge is 0.306 e. The number of hydrogen-bond acceptors (Lipinski definition) is 2. The maximum absolute atomic E-state index is 5.95. The highest BCUT2D eigenvalue weighted by Crippen LogP contribution is 2.22. The summed E-state index contributed by atoms with van der Waals surface area (Å²) in [5.74, 6) is 0. The van der Waals surface area contributed by atoms with E-state index in [4.69, 9.17) is 11.6 Å². The normalized spacial score (nSPS) is 12.6. The molecule has 2 aromatic rings. The Kier molecular flexibility index (Phi) is 5.44. The van der Waals surface area contributed by atoms with Crippen LogP contribution in [0.2, 0.25) is 5.02 Å². The molecule has 0 aliphatic carbocycles. The van der Waals surface area contributed by atoms with E-state index in [-0.39, 0.29) is 0 Å². The van der Waals surface area contributed by atoms with Crippen molar-refractivity contribution in [1.82, 2.24) is 5.32 Å². The van der Waals surface area contributed by atoms with Gasteiger partial charge in [-0.2, -0.15) is 11.3 Å². The summed E-state index contributed by atoms with van der Waals surface area (Å²) >= 11 is 7.73. The molecule has 102 valence electrons. The van der Waals surface area contributed by atoms with E-state index < -0.39 is 0 Å². The molecule has 1 unspecified atom stereocenters. The topological polar surface area (TPSA) is 12.0 Å². The lowest BCUT2D eigenvalue weighted by molar-refractivity contribution is 0.493. The van der Waals surface area contributed by atoms with Gasteiger partial charge in [-0.15, -0.1) is 0 Å². The minimum atomic E-state index is 0.404. The Balaban J connectivity index is 2.04. The Labute approximate surface area is 124 Å². The Morgan fingerprint density at radius 2 is 1.95 bits per heavy atom. The fourth-order valence-corrected chi connectivity index (χ4v) is 3.15. The molecular weight excluding hydrogens is 274 g/mol. The summed E-state index contributed by atoms with van der Waals surface area (Å²) in [5, 5.41) is 8.89. The van der Waals surface area contributed by atoms with Gasteiger partial charge in [-0.05, 0) is 52.9 Å². The van der Waals surface area contributed by atoms with Crippen molar-refractivity contribution < 1.29 is 0 Å². The number of benzene rings is 1. The van der Waals surface area contributed by atoms with Crippen molar-refractivity contribution in [2.24, 2.45) is 0 Å². The molecular formula is C16H20ClNS. The number of hydrogen-bond donors (Lipinski definition) is 1. The van der Waals surface area contributed by atoms with Crippen LogP contribution in [-0.4, -0.2) is 0 Å². The first-order chi connectivity index (χ1) is 9.20. The lowest BCUT2D eigenvalue weighted by Gasteiger charge is -2.19. The van der Waals surface area contributed by atoms with E-state index in [1.807, 2.05) is 12.1 Å². The van der Waals surface area contributed by atoms with Crippen molar-refractivity contribution in [2.75, 3.05) is 0 Å². The van der Waals surface area contributed by atoms with Crippen LogP contribution >= 0.6 is 22.9 Å². The molecule has 0 saturated carbocycles. The van der Waals surface area contributed by atoms with Crippen molar-refractivity contribution in [2.45, 2.75) is 39.3 Å². The Morgan fingerprint density at radius 3 is 2.53 bits per heavy atom. The molecule has 1 aromatic carbocycles. The van der Waals surface area contributed by atoms with Crippen molar-refractivity contribution in [3.63, 3.8) is 0 Å². The second kappa shape index (κ2) is 7.09. The zero-order chi connectivity index (χ0) is 13.7. The summed E-state index contributed by atoms with van der Waals surface area (Å²) in [7, 11) is 0. The maximum atomic E-state index is 5.95. The van der Waals surface area contributed by atoms with Gasteiger partial charge in [0.05, 0.1) is 0 Å². The fraction of sp³-hybridized carbons (Fsp3) is 0.375. The summed E-state index contributed by atoms with van der Waals surface area (Å²) in [6, 6.07) is 8.59. The van der Waals surface area contributed by atoms with Gasteiger partial charge in [-0.25, -0.2) is 0 Å². The number of nitrogens with one attached hydrogen (secondary N) is 1. The van der Waals surface area contributed by atoms with Crippen LogP contribution in [0.3, 0.4) is 0 Å². The third-order valence-electron chi connectivity index (χ3n) is 3.35. The second-order valence-electron chi connectivity index (χ2n) is 4.85. The molecule has 1 atom stereocenters. The number of thiophene rings is 1. The highest BCUT2D eigenvalue weighted by molar-refractivity contribution is 7.08. The zero-order valence-corrected chi connectivity index (χ0v) is 13.0. The van der Waals surface area contributed by atoms with Gasteiger partial charge in [-0.1, -0.05) is 37.1 Å². The van der Waals surface area contributed by atoms with E-state index in [2.05, 4.69) is 42.1 Å². The van der Waals surface area contributed by atoms with Crippen molar-refractivity contribution in [1.29, 1.82) is 0 Å². The van der Waals surface area contributed by atoms with E-state index in [1.165, 1.54) is 23.1 Å². The fourth-order valence-electron chi connectivity index (χ4n) is 2.17. The van der Waals surface area contributed by atoms with Crippen LogP contribution in [0, 0.1) is 6.92 Å². The molecule has 0 saturated heterocycles. The standard InChI is InChI=1S/C16H20ClNS/c1-3-4-16(13-5-7-15(17)8-6-13)18-9-14-11-19-10-12(14)2/h5-8,10-11,16,18H,3-4,9H2,1-2H3. The predicted octanol–water partition coefficient (Wildman–Crippen LogP) is 5.34. The molecule has 19 heavy (non-hydrogen) atoms. The average Bonchev–Trinajstić information content (AvgIpc) is 2.81. The highest BCUT2D eigenvalue weighted by atomic mass is 35.5. The second-order valence-corrected chi connectivity index (χ2v) is 6.03. The molecule has 3 heteroatoms. The predicted molar refractivity (Wildman–Crippen MR) is 85.0 cm³/mol. The minimum Gasteiger partial charge on any atom is -0.306 e. The van der Waals surface area contributed by atoms with Crippen LogP contribution < -0.4 is 5.32 Å². The molecule has 1 aromatic heterocycles. The van der Waals surface area contributed by atoms with E-state index in [9.17, 15) is 0 Å². The van der Waals surface area contributed by atoms with Crippen LogP contribution in [0.25, 0.3) is 0 Å². The Hall–Kier alpha value is -0.830. The summed E-state index contributed by atoms with van der Waals surface area (Å²) in [4.78, 5) is 0. The monoisotopic (exact) mass is 293 g/mol. The van der Waals surface area contributed by atoms with Crippen molar-refractivity contribution in [3.8, 4) is 0 Å². The summed E-state index contributed by atoms with van der Waals surface area (Å²) in [5.41, 5.74) is 4.10. The van der Waals surface area contributed by atoms with Crippen LogP contribution in [0.1, 0.15) is 42.5 Å². The molecule has 2 rings (SSSR count). The van der Waals surface area contributed by atoms with Gasteiger partial charge < -0.3 is 5.32 Å². The third-order valence-corrected chi connectivity index (χ3v) is 4.51. The van der Waals surface area contributed by atoms with Crippen molar-refractivity contribution in [3.05, 3.63) is 56.7 Å². The molecule has 0 aliphatic rings. The Bertz CT molecular complexity index is 504. The quantitative estimate of drug-likeness (QED) is 0.758. The average molecular weight is 294 g/mol.